The van der Waals surface area contributed by atoms with Gasteiger partial charge in [-0.25, -0.2) is 9.78 Å². The first-order chi connectivity index (χ1) is 13.0. The van der Waals surface area contributed by atoms with E-state index >= 15 is 0 Å². The van der Waals surface area contributed by atoms with Gasteiger partial charge >= 0.3 is 6.09 Å². The number of aromatic amines is 1. The Bertz CT molecular complexity index is 754. The topological polar surface area (TPSA) is 140 Å². The summed E-state index contributed by atoms with van der Waals surface area (Å²) in [5.41, 5.74) is 0.195. The standard InChI is InChI=1S/C8H6N6.C5H9NO2.C5H10.3H2/c9-3-6-4-10-5-8(12-6)13-7-1-2-11-14-7;1-5(2-3-5)6-4(7)8;1-2-4-5-3-1;;;/h1-2,4-5H,(H2,11,12,13,14);6H,2-3H2,1H3,(H,7,8);1-5H2;3*1H. The molecule has 2 aliphatic carbocycles. The largest absolute Gasteiger partial charge is 0.465 e. The second kappa shape index (κ2) is 10.1. The van der Waals surface area contributed by atoms with E-state index in [1.165, 1.54) is 44.5 Å². The zero-order valence-corrected chi connectivity index (χ0v) is 15.4. The van der Waals surface area contributed by atoms with E-state index in [4.69, 9.17) is 10.4 Å². The highest BCUT2D eigenvalue weighted by Gasteiger charge is 2.38. The van der Waals surface area contributed by atoms with Gasteiger partial charge in [0, 0.05) is 15.9 Å². The van der Waals surface area contributed by atoms with Gasteiger partial charge in [-0.1, -0.05) is 32.1 Å². The van der Waals surface area contributed by atoms with Crippen molar-refractivity contribution in [2.24, 2.45) is 0 Å². The second-order valence-electron chi connectivity index (χ2n) is 6.76. The van der Waals surface area contributed by atoms with Gasteiger partial charge < -0.3 is 15.7 Å². The molecule has 0 saturated heterocycles. The Hall–Kier alpha value is -3.15. The lowest BCUT2D eigenvalue weighted by atomic mass is 10.3. The Labute approximate surface area is 162 Å². The molecule has 27 heavy (non-hydrogen) atoms. The Morgan fingerprint density at radius 1 is 1.30 bits per heavy atom. The number of nitriles is 1. The van der Waals surface area contributed by atoms with Crippen LogP contribution in [0, 0.1) is 11.3 Å². The van der Waals surface area contributed by atoms with Gasteiger partial charge in [0.1, 0.15) is 11.9 Å². The predicted molar refractivity (Wildman–Crippen MR) is 107 cm³/mol. The van der Waals surface area contributed by atoms with Gasteiger partial charge in [0.15, 0.2) is 11.5 Å². The molecule has 0 aliphatic heterocycles. The van der Waals surface area contributed by atoms with Crippen LogP contribution in [0.1, 0.15) is 61.8 Å². The molecule has 1 amide bonds. The maximum Gasteiger partial charge on any atom is 0.405 e. The summed E-state index contributed by atoms with van der Waals surface area (Å²) < 4.78 is 0. The summed E-state index contributed by atoms with van der Waals surface area (Å²) in [6, 6.07) is 3.66. The maximum absolute atomic E-state index is 9.94. The molecular formula is C18H31N7O2. The zero-order valence-electron chi connectivity index (χ0n) is 15.4. The summed E-state index contributed by atoms with van der Waals surface area (Å²) in [5, 5.41) is 28.6. The number of nitrogens with one attached hydrogen (secondary N) is 3. The molecule has 2 saturated carbocycles. The number of H-pyrrole nitrogens is 1. The zero-order chi connectivity index (χ0) is 19.5. The van der Waals surface area contributed by atoms with Crippen LogP contribution in [0.15, 0.2) is 24.7 Å². The number of amides is 1. The fraction of sp³-hybridized carbons (Fsp3) is 0.500. The van der Waals surface area contributed by atoms with E-state index in [0.717, 1.165) is 12.8 Å². The molecule has 2 aromatic rings. The van der Waals surface area contributed by atoms with Crippen LogP contribution < -0.4 is 10.6 Å². The van der Waals surface area contributed by atoms with Crippen LogP contribution in [0.3, 0.4) is 0 Å². The lowest BCUT2D eigenvalue weighted by Crippen LogP contribution is -2.32. The van der Waals surface area contributed by atoms with Crippen LogP contribution in [0.5, 0.6) is 0 Å². The summed E-state index contributed by atoms with van der Waals surface area (Å²) in [4.78, 5) is 17.8. The van der Waals surface area contributed by atoms with Crippen LogP contribution in [-0.4, -0.2) is 36.9 Å². The first kappa shape index (κ1) is 20.2. The highest BCUT2D eigenvalue weighted by atomic mass is 16.4. The van der Waals surface area contributed by atoms with Gasteiger partial charge in [0.2, 0.25) is 0 Å². The lowest BCUT2D eigenvalue weighted by molar-refractivity contribution is 0.189. The average Bonchev–Trinajstić information content (AvgIpc) is 3.12. The van der Waals surface area contributed by atoms with Gasteiger partial charge in [0.05, 0.1) is 18.6 Å². The number of rotatable bonds is 3. The molecule has 2 heterocycles. The van der Waals surface area contributed by atoms with Crippen LogP contribution in [0.25, 0.3) is 0 Å². The Kier molecular flexibility index (Phi) is 7.55. The van der Waals surface area contributed by atoms with Gasteiger partial charge in [-0.05, 0) is 19.8 Å². The first-order valence-corrected chi connectivity index (χ1v) is 9.00. The van der Waals surface area contributed by atoms with Crippen molar-refractivity contribution < 1.29 is 14.2 Å². The fourth-order valence-corrected chi connectivity index (χ4v) is 2.40. The van der Waals surface area contributed by atoms with Crippen LogP contribution in [0.4, 0.5) is 16.4 Å². The van der Waals surface area contributed by atoms with Crippen molar-refractivity contribution >= 4 is 17.7 Å². The quantitative estimate of drug-likeness (QED) is 0.624. The fourth-order valence-electron chi connectivity index (χ4n) is 2.40. The first-order valence-electron chi connectivity index (χ1n) is 9.00. The van der Waals surface area contributed by atoms with Gasteiger partial charge in [-0.15, -0.1) is 0 Å². The number of aromatic nitrogens is 4. The Morgan fingerprint density at radius 2 is 1.96 bits per heavy atom. The molecule has 0 radical (unpaired) electrons. The molecule has 2 aliphatic rings. The number of carbonyl (C=O) groups is 1. The minimum absolute atomic E-state index is 0. The van der Waals surface area contributed by atoms with Crippen molar-refractivity contribution in [3.8, 4) is 6.07 Å². The normalized spacial score (nSPS) is 15.9. The Balaban J connectivity index is 0. The van der Waals surface area contributed by atoms with Crippen molar-refractivity contribution in [3.63, 3.8) is 0 Å². The molecule has 0 aromatic carbocycles. The smallest absolute Gasteiger partial charge is 0.405 e. The van der Waals surface area contributed by atoms with Crippen molar-refractivity contribution in [2.75, 3.05) is 5.32 Å². The van der Waals surface area contributed by atoms with Gasteiger partial charge in [0.25, 0.3) is 0 Å². The number of anilines is 2. The molecule has 4 N–H and O–H groups in total. The average molecular weight is 377 g/mol. The number of carboxylic acid groups (broad SMARTS) is 1. The van der Waals surface area contributed by atoms with Crippen molar-refractivity contribution in [1.29, 1.82) is 5.26 Å². The number of hydrogen-bond acceptors (Lipinski definition) is 6. The molecule has 0 bridgehead atoms. The molecule has 0 spiro atoms. The molecule has 9 nitrogen and oxygen atoms in total. The summed E-state index contributed by atoms with van der Waals surface area (Å²) in [6.07, 6.45) is 13.1. The predicted octanol–water partition coefficient (Wildman–Crippen LogP) is 4.31. The van der Waals surface area contributed by atoms with E-state index < -0.39 is 6.09 Å². The molecule has 2 aromatic heterocycles. The van der Waals surface area contributed by atoms with E-state index in [1.807, 2.05) is 13.0 Å². The van der Waals surface area contributed by atoms with Gasteiger partial charge in [-0.3, -0.25) is 10.1 Å². The summed E-state index contributed by atoms with van der Waals surface area (Å²) >= 11 is 0. The van der Waals surface area contributed by atoms with Crippen molar-refractivity contribution in [2.45, 2.75) is 57.4 Å². The Morgan fingerprint density at radius 3 is 2.41 bits per heavy atom. The molecule has 0 unspecified atom stereocenters. The third kappa shape index (κ3) is 8.18. The van der Waals surface area contributed by atoms with Crippen LogP contribution >= 0.6 is 0 Å². The van der Waals surface area contributed by atoms with E-state index in [2.05, 4.69) is 30.8 Å². The third-order valence-electron chi connectivity index (χ3n) is 4.17. The summed E-state index contributed by atoms with van der Waals surface area (Å²) in [7, 11) is 0. The highest BCUT2D eigenvalue weighted by Crippen LogP contribution is 2.33. The number of hydrogen-bond donors (Lipinski definition) is 4. The van der Waals surface area contributed by atoms with Crippen LogP contribution in [0.2, 0.25) is 0 Å². The van der Waals surface area contributed by atoms with E-state index in [9.17, 15) is 4.79 Å². The highest BCUT2D eigenvalue weighted by molar-refractivity contribution is 5.66. The maximum atomic E-state index is 9.94. The third-order valence-corrected chi connectivity index (χ3v) is 4.17. The van der Waals surface area contributed by atoms with E-state index in [0.29, 0.717) is 11.6 Å². The molecule has 9 heteroatoms. The van der Waals surface area contributed by atoms with Crippen LogP contribution in [-0.2, 0) is 0 Å². The number of nitrogens with zero attached hydrogens (tertiary/aromatic N) is 4. The minimum atomic E-state index is -0.912. The second-order valence-corrected chi connectivity index (χ2v) is 6.76. The van der Waals surface area contributed by atoms with Gasteiger partial charge in [-0.2, -0.15) is 10.4 Å². The molecule has 2 fully saturated rings. The van der Waals surface area contributed by atoms with E-state index in [1.54, 1.807) is 12.3 Å². The lowest BCUT2D eigenvalue weighted by Gasteiger charge is -2.04. The SMILES string of the molecule is C1CCCC1.CC1(NC(=O)O)CC1.N#Cc1cncc(Nc2ccn[nH]2)n1.[HH].[HH].[HH]. The summed E-state index contributed by atoms with van der Waals surface area (Å²) in [6.45, 7) is 1.90. The monoisotopic (exact) mass is 377 g/mol. The van der Waals surface area contributed by atoms with E-state index in [-0.39, 0.29) is 15.5 Å². The van der Waals surface area contributed by atoms with Crippen molar-refractivity contribution in [1.82, 2.24) is 25.5 Å². The van der Waals surface area contributed by atoms with Crippen molar-refractivity contribution in [3.05, 3.63) is 30.4 Å². The molecular weight excluding hydrogens is 346 g/mol. The molecule has 150 valence electrons. The molecule has 0 atom stereocenters. The summed E-state index contributed by atoms with van der Waals surface area (Å²) in [5.74, 6) is 1.21. The molecule has 4 rings (SSSR count). The minimum Gasteiger partial charge on any atom is -0.465 e.